The SMILES string of the molecule is O=c1c(-c2ccccc2)c(C(F)(F)F)oc2c3c(ccc12)OCN(C[C@H]1CCCO1)C3. The zero-order valence-corrected chi connectivity index (χ0v) is 16.6. The highest BCUT2D eigenvalue weighted by atomic mass is 19.4. The molecular weight excluding hydrogens is 411 g/mol. The lowest BCUT2D eigenvalue weighted by Gasteiger charge is -2.31. The predicted molar refractivity (Wildman–Crippen MR) is 108 cm³/mol. The molecule has 0 radical (unpaired) electrons. The van der Waals surface area contributed by atoms with Gasteiger partial charge in [0, 0.05) is 19.7 Å². The first-order valence-corrected chi connectivity index (χ1v) is 10.1. The Balaban J connectivity index is 1.65. The fraction of sp³-hybridized carbons (Fsp3) is 0.348. The molecule has 1 fully saturated rings. The molecule has 2 aromatic carbocycles. The number of rotatable bonds is 3. The van der Waals surface area contributed by atoms with Gasteiger partial charge in [-0.15, -0.1) is 0 Å². The van der Waals surface area contributed by atoms with Gasteiger partial charge in [0.05, 0.1) is 22.6 Å². The number of fused-ring (bicyclic) bond motifs is 3. The van der Waals surface area contributed by atoms with Gasteiger partial charge in [0.25, 0.3) is 0 Å². The summed E-state index contributed by atoms with van der Waals surface area (Å²) in [6, 6.07) is 10.9. The molecule has 5 nitrogen and oxygen atoms in total. The van der Waals surface area contributed by atoms with E-state index in [0.29, 0.717) is 37.7 Å². The monoisotopic (exact) mass is 431 g/mol. The third-order valence-corrected chi connectivity index (χ3v) is 5.71. The zero-order chi connectivity index (χ0) is 21.6. The molecule has 8 heteroatoms. The highest BCUT2D eigenvalue weighted by Crippen LogP contribution is 2.40. The van der Waals surface area contributed by atoms with Crippen LogP contribution in [0.1, 0.15) is 24.2 Å². The summed E-state index contributed by atoms with van der Waals surface area (Å²) in [6.45, 7) is 1.94. The molecule has 3 aromatic rings. The van der Waals surface area contributed by atoms with Crippen molar-refractivity contribution < 1.29 is 27.1 Å². The molecule has 31 heavy (non-hydrogen) atoms. The largest absolute Gasteiger partial charge is 0.478 e. The van der Waals surface area contributed by atoms with Crippen molar-refractivity contribution in [1.82, 2.24) is 4.90 Å². The third kappa shape index (κ3) is 3.70. The van der Waals surface area contributed by atoms with Gasteiger partial charge in [-0.1, -0.05) is 30.3 Å². The Morgan fingerprint density at radius 1 is 1.10 bits per heavy atom. The lowest BCUT2D eigenvalue weighted by Crippen LogP contribution is -2.37. The number of benzene rings is 2. The Labute approximate surface area is 176 Å². The average Bonchev–Trinajstić information content (AvgIpc) is 3.26. The Hall–Kier alpha value is -2.84. The van der Waals surface area contributed by atoms with Crippen molar-refractivity contribution in [2.45, 2.75) is 31.7 Å². The van der Waals surface area contributed by atoms with Crippen LogP contribution >= 0.6 is 0 Å². The van der Waals surface area contributed by atoms with Crippen molar-refractivity contribution in [3.63, 3.8) is 0 Å². The molecule has 2 aliphatic rings. The second-order valence-electron chi connectivity index (χ2n) is 7.84. The summed E-state index contributed by atoms with van der Waals surface area (Å²) < 4.78 is 58.7. The molecule has 3 heterocycles. The maximum atomic E-state index is 13.9. The van der Waals surface area contributed by atoms with Crippen LogP contribution in [-0.2, 0) is 17.5 Å². The van der Waals surface area contributed by atoms with Gasteiger partial charge in [0.1, 0.15) is 18.1 Å². The van der Waals surface area contributed by atoms with Gasteiger partial charge in [0.15, 0.2) is 0 Å². The molecular formula is C23H20F3NO4. The fourth-order valence-electron chi connectivity index (χ4n) is 4.27. The lowest BCUT2D eigenvalue weighted by molar-refractivity contribution is -0.152. The van der Waals surface area contributed by atoms with Crippen molar-refractivity contribution in [2.75, 3.05) is 19.9 Å². The van der Waals surface area contributed by atoms with Gasteiger partial charge in [-0.25, -0.2) is 0 Å². The van der Waals surface area contributed by atoms with Crippen molar-refractivity contribution in [3.8, 4) is 16.9 Å². The van der Waals surface area contributed by atoms with Crippen LogP contribution in [0.3, 0.4) is 0 Å². The Kier molecular flexibility index (Phi) is 4.98. The molecule has 2 aliphatic heterocycles. The van der Waals surface area contributed by atoms with Crippen molar-refractivity contribution >= 4 is 11.0 Å². The smallest absolute Gasteiger partial charge is 0.450 e. The van der Waals surface area contributed by atoms with Crippen molar-refractivity contribution in [2.24, 2.45) is 0 Å². The Bertz CT molecular complexity index is 1170. The number of halogens is 3. The van der Waals surface area contributed by atoms with Crippen LogP contribution < -0.4 is 10.2 Å². The molecule has 0 spiro atoms. The summed E-state index contributed by atoms with van der Waals surface area (Å²) in [5, 5.41) is 0.105. The van der Waals surface area contributed by atoms with Crippen LogP contribution in [0.4, 0.5) is 13.2 Å². The Morgan fingerprint density at radius 3 is 2.61 bits per heavy atom. The normalized spacial score (nSPS) is 19.4. The molecule has 162 valence electrons. The van der Waals surface area contributed by atoms with Gasteiger partial charge in [-0.3, -0.25) is 9.69 Å². The molecule has 1 aromatic heterocycles. The van der Waals surface area contributed by atoms with Gasteiger partial charge < -0.3 is 13.9 Å². The fourth-order valence-corrected chi connectivity index (χ4v) is 4.27. The molecule has 5 rings (SSSR count). The highest BCUT2D eigenvalue weighted by Gasteiger charge is 2.40. The highest BCUT2D eigenvalue weighted by molar-refractivity contribution is 5.87. The summed E-state index contributed by atoms with van der Waals surface area (Å²) in [5.41, 5.74) is -0.651. The van der Waals surface area contributed by atoms with Crippen LogP contribution in [0.5, 0.6) is 5.75 Å². The predicted octanol–water partition coefficient (Wildman–Crippen LogP) is 4.81. The molecule has 0 bridgehead atoms. The van der Waals surface area contributed by atoms with E-state index in [-0.39, 0.29) is 22.6 Å². The van der Waals surface area contributed by atoms with E-state index in [1.54, 1.807) is 24.3 Å². The second kappa shape index (κ2) is 7.69. The number of nitrogens with zero attached hydrogens (tertiary/aromatic N) is 1. The van der Waals surface area contributed by atoms with E-state index < -0.39 is 22.9 Å². The van der Waals surface area contributed by atoms with Gasteiger partial charge in [-0.2, -0.15) is 13.2 Å². The molecule has 0 saturated carbocycles. The van der Waals surface area contributed by atoms with Crippen LogP contribution in [0.25, 0.3) is 22.1 Å². The summed E-state index contributed by atoms with van der Waals surface area (Å²) in [7, 11) is 0. The lowest BCUT2D eigenvalue weighted by atomic mass is 10.00. The van der Waals surface area contributed by atoms with E-state index in [9.17, 15) is 18.0 Å². The summed E-state index contributed by atoms with van der Waals surface area (Å²) in [4.78, 5) is 15.2. The molecule has 1 saturated heterocycles. The molecule has 0 aliphatic carbocycles. The van der Waals surface area contributed by atoms with E-state index in [4.69, 9.17) is 13.9 Å². The van der Waals surface area contributed by atoms with Gasteiger partial charge >= 0.3 is 6.18 Å². The van der Waals surface area contributed by atoms with Crippen LogP contribution in [0, 0.1) is 0 Å². The first kappa shape index (κ1) is 20.1. The van der Waals surface area contributed by atoms with Crippen molar-refractivity contribution in [3.05, 3.63) is 64.0 Å². The zero-order valence-electron chi connectivity index (χ0n) is 16.6. The second-order valence-corrected chi connectivity index (χ2v) is 7.84. The summed E-state index contributed by atoms with van der Waals surface area (Å²) in [5.74, 6) is -0.860. The summed E-state index contributed by atoms with van der Waals surface area (Å²) >= 11 is 0. The first-order valence-electron chi connectivity index (χ1n) is 10.1. The topological polar surface area (TPSA) is 51.9 Å². The number of hydrogen-bond acceptors (Lipinski definition) is 5. The third-order valence-electron chi connectivity index (χ3n) is 5.71. The first-order chi connectivity index (χ1) is 14.9. The minimum absolute atomic E-state index is 0.0718. The molecule has 1 atom stereocenters. The maximum Gasteiger partial charge on any atom is 0.450 e. The van der Waals surface area contributed by atoms with E-state index >= 15 is 0 Å². The van der Waals surface area contributed by atoms with Crippen LogP contribution in [0.2, 0.25) is 0 Å². The van der Waals surface area contributed by atoms with E-state index in [1.807, 2.05) is 4.90 Å². The van der Waals surface area contributed by atoms with Gasteiger partial charge in [0.2, 0.25) is 11.2 Å². The van der Waals surface area contributed by atoms with Gasteiger partial charge in [-0.05, 0) is 30.5 Å². The standard InChI is InChI=1S/C23H20F3NO4/c24-23(25,26)22-19(14-5-2-1-3-6-14)20(28)16-8-9-18-17(21(16)31-22)12-27(13-30-18)11-15-7-4-10-29-15/h1-3,5-6,8-9,15H,4,7,10-13H2/t15-/m1/s1. The number of ether oxygens (including phenoxy) is 2. The summed E-state index contributed by atoms with van der Waals surface area (Å²) in [6.07, 6.45) is -2.83. The van der Waals surface area contributed by atoms with Crippen molar-refractivity contribution in [1.29, 1.82) is 0 Å². The number of hydrogen-bond donors (Lipinski definition) is 0. The number of alkyl halides is 3. The van der Waals surface area contributed by atoms with E-state index in [0.717, 1.165) is 12.8 Å². The molecule has 0 unspecified atom stereocenters. The minimum Gasteiger partial charge on any atom is -0.478 e. The van der Waals surface area contributed by atoms with E-state index in [2.05, 4.69) is 0 Å². The van der Waals surface area contributed by atoms with Crippen LogP contribution in [-0.4, -0.2) is 30.9 Å². The van der Waals surface area contributed by atoms with E-state index in [1.165, 1.54) is 18.2 Å². The minimum atomic E-state index is -4.83. The molecule has 0 amide bonds. The Morgan fingerprint density at radius 2 is 1.90 bits per heavy atom. The maximum absolute atomic E-state index is 13.9. The quantitative estimate of drug-likeness (QED) is 0.596. The average molecular weight is 431 g/mol. The van der Waals surface area contributed by atoms with Crippen LogP contribution in [0.15, 0.2) is 51.7 Å². The molecule has 0 N–H and O–H groups in total.